The van der Waals surface area contributed by atoms with Gasteiger partial charge in [-0.05, 0) is 37.0 Å². The fraction of sp³-hybridized carbons (Fsp3) is 0.519. The van der Waals surface area contributed by atoms with Crippen LogP contribution < -0.4 is 10.5 Å². The highest BCUT2D eigenvalue weighted by atomic mass is 32.1. The molecule has 4 heterocycles. The highest BCUT2D eigenvalue weighted by Crippen LogP contribution is 2.43. The highest BCUT2D eigenvalue weighted by molar-refractivity contribution is 7.21. The van der Waals surface area contributed by atoms with Crippen LogP contribution in [0.4, 0.5) is 5.00 Å². The molecule has 1 aromatic carbocycles. The number of aliphatic hydroxyl groups excluding tert-OH is 1. The van der Waals surface area contributed by atoms with Crippen molar-refractivity contribution in [1.82, 2.24) is 19.5 Å². The summed E-state index contributed by atoms with van der Waals surface area (Å²) in [5.74, 6) is 0. The molecule has 2 N–H and O–H groups in total. The molecule has 0 radical (unpaired) electrons. The van der Waals surface area contributed by atoms with Crippen molar-refractivity contribution in [2.75, 3.05) is 18.0 Å². The molecule has 6 rings (SSSR count). The number of aromatic amines is 1. The molecule has 3 aromatic heterocycles. The van der Waals surface area contributed by atoms with E-state index in [9.17, 15) is 9.90 Å². The summed E-state index contributed by atoms with van der Waals surface area (Å²) >= 11 is 1.58. The zero-order valence-electron chi connectivity index (χ0n) is 21.3. The number of aromatic nitrogens is 4. The molecule has 2 fully saturated rings. The number of hydrogen-bond donors (Lipinski definition) is 2. The van der Waals surface area contributed by atoms with Gasteiger partial charge in [-0.15, -0.1) is 11.3 Å². The van der Waals surface area contributed by atoms with Crippen LogP contribution >= 0.6 is 11.3 Å². The summed E-state index contributed by atoms with van der Waals surface area (Å²) in [7, 11) is 0. The molecule has 8 heteroatoms. The number of H-pyrrole nitrogens is 1. The number of imidazole rings is 1. The Kier molecular flexibility index (Phi) is 8.23. The Hall–Kier alpha value is -2.71. The van der Waals surface area contributed by atoms with E-state index in [1.807, 2.05) is 34.0 Å². The fourth-order valence-electron chi connectivity index (χ4n) is 5.13. The van der Waals surface area contributed by atoms with Gasteiger partial charge in [-0.2, -0.15) is 0 Å². The molecule has 7 nitrogen and oxygen atoms in total. The molecule has 1 aliphatic carbocycles. The van der Waals surface area contributed by atoms with Crippen molar-refractivity contribution < 1.29 is 5.11 Å². The van der Waals surface area contributed by atoms with Crippen molar-refractivity contribution in [1.29, 1.82) is 0 Å². The lowest BCUT2D eigenvalue weighted by molar-refractivity contribution is 0.198. The van der Waals surface area contributed by atoms with Crippen molar-refractivity contribution in [3.63, 3.8) is 0 Å². The maximum atomic E-state index is 12.7. The van der Waals surface area contributed by atoms with Crippen LogP contribution in [0.25, 0.3) is 32.4 Å². The average molecular weight is 496 g/mol. The minimum Gasteiger partial charge on any atom is -0.391 e. The minimum absolute atomic E-state index is 0.133. The lowest BCUT2D eigenvalue weighted by atomic mass is 9.95. The molecule has 188 valence electrons. The Labute approximate surface area is 210 Å². The summed E-state index contributed by atoms with van der Waals surface area (Å²) in [5.41, 5.74) is 3.76. The highest BCUT2D eigenvalue weighted by Gasteiger charge is 2.27. The molecule has 2 aliphatic rings. The summed E-state index contributed by atoms with van der Waals surface area (Å²) < 4.78 is 2.34. The lowest BCUT2D eigenvalue weighted by Crippen LogP contribution is -2.21. The van der Waals surface area contributed by atoms with Crippen LogP contribution in [0, 0.1) is 0 Å². The van der Waals surface area contributed by atoms with Crippen LogP contribution in [0.15, 0.2) is 35.6 Å². The second-order valence-corrected chi connectivity index (χ2v) is 9.73. The molecule has 1 saturated carbocycles. The quantitative estimate of drug-likeness (QED) is 0.357. The Morgan fingerprint density at radius 1 is 1.06 bits per heavy atom. The standard InChI is InChI=1S/C23H25N5O2S.2C2H6/c29-16-8-9-27(11-16)23-19-20(24-12-25-22(19)30)21(31-23)14-6-7-18-17(10-14)26-13-28(18)15-4-2-1-3-5-15;2*1-2/h6-7,10,12-13,15-16,29H,1-5,8-9,11H2,(H,24,25,30);2*1-2H3. The average Bonchev–Trinajstić information content (AvgIpc) is 3.63. The third-order valence-corrected chi connectivity index (χ3v) is 8.03. The number of aliphatic hydroxyl groups is 1. The number of rotatable bonds is 3. The van der Waals surface area contributed by atoms with Crippen molar-refractivity contribution in [3.05, 3.63) is 41.2 Å². The third kappa shape index (κ3) is 4.86. The summed E-state index contributed by atoms with van der Waals surface area (Å²) in [6.45, 7) is 9.30. The molecule has 0 spiro atoms. The van der Waals surface area contributed by atoms with E-state index in [1.54, 1.807) is 11.3 Å². The number of thiophene rings is 1. The molecule has 1 saturated heterocycles. The van der Waals surface area contributed by atoms with Crippen molar-refractivity contribution in [2.24, 2.45) is 0 Å². The topological polar surface area (TPSA) is 87.0 Å². The number of β-amino-alcohol motifs (C(OH)–C–C–N with tert-alkyl or cyclic N) is 1. The van der Waals surface area contributed by atoms with E-state index in [1.165, 1.54) is 43.9 Å². The number of nitrogens with zero attached hydrogens (tertiary/aromatic N) is 4. The maximum absolute atomic E-state index is 12.7. The molecular formula is C27H37N5O2S. The van der Waals surface area contributed by atoms with E-state index in [0.29, 0.717) is 18.0 Å². The van der Waals surface area contributed by atoms with E-state index in [4.69, 9.17) is 4.98 Å². The number of anilines is 1. The van der Waals surface area contributed by atoms with Crippen LogP contribution in [-0.2, 0) is 0 Å². The Balaban J connectivity index is 0.000000689. The smallest absolute Gasteiger partial charge is 0.261 e. The van der Waals surface area contributed by atoms with Gasteiger partial charge in [0.2, 0.25) is 0 Å². The van der Waals surface area contributed by atoms with E-state index >= 15 is 0 Å². The number of nitrogens with one attached hydrogen (secondary N) is 1. The maximum Gasteiger partial charge on any atom is 0.261 e. The predicted molar refractivity (Wildman–Crippen MR) is 147 cm³/mol. The van der Waals surface area contributed by atoms with Gasteiger partial charge in [0.05, 0.1) is 40.2 Å². The van der Waals surface area contributed by atoms with Gasteiger partial charge in [-0.3, -0.25) is 4.79 Å². The van der Waals surface area contributed by atoms with Crippen molar-refractivity contribution in [3.8, 4) is 10.4 Å². The molecule has 0 amide bonds. The van der Waals surface area contributed by atoms with Crippen LogP contribution in [0.2, 0.25) is 0 Å². The van der Waals surface area contributed by atoms with Gasteiger partial charge in [-0.1, -0.05) is 53.0 Å². The van der Waals surface area contributed by atoms with Crippen LogP contribution in [-0.4, -0.2) is 43.8 Å². The number of fused-ring (bicyclic) bond motifs is 2. The zero-order valence-corrected chi connectivity index (χ0v) is 22.1. The lowest BCUT2D eigenvalue weighted by Gasteiger charge is -2.23. The Morgan fingerprint density at radius 3 is 2.54 bits per heavy atom. The largest absolute Gasteiger partial charge is 0.391 e. The van der Waals surface area contributed by atoms with E-state index < -0.39 is 0 Å². The summed E-state index contributed by atoms with van der Waals surface area (Å²) in [6.07, 6.45) is 10.2. The summed E-state index contributed by atoms with van der Waals surface area (Å²) in [5, 5.41) is 11.5. The molecule has 1 atom stereocenters. The molecule has 4 aromatic rings. The Morgan fingerprint density at radius 2 is 1.83 bits per heavy atom. The van der Waals surface area contributed by atoms with Crippen LogP contribution in [0.5, 0.6) is 0 Å². The first kappa shape index (κ1) is 25.4. The van der Waals surface area contributed by atoms with Gasteiger partial charge in [0.1, 0.15) is 10.4 Å². The zero-order chi connectivity index (χ0) is 24.9. The van der Waals surface area contributed by atoms with E-state index in [-0.39, 0.29) is 11.7 Å². The van der Waals surface area contributed by atoms with Crippen molar-refractivity contribution >= 4 is 38.3 Å². The van der Waals surface area contributed by atoms with Crippen LogP contribution in [0.3, 0.4) is 0 Å². The van der Waals surface area contributed by atoms with Gasteiger partial charge >= 0.3 is 0 Å². The molecule has 1 aliphatic heterocycles. The first-order valence-electron chi connectivity index (χ1n) is 13.1. The predicted octanol–water partition coefficient (Wildman–Crippen LogP) is 6.13. The van der Waals surface area contributed by atoms with Crippen molar-refractivity contribution in [2.45, 2.75) is 78.4 Å². The molecular weight excluding hydrogens is 458 g/mol. The second-order valence-electron chi connectivity index (χ2n) is 8.73. The second kappa shape index (κ2) is 11.4. The van der Waals surface area contributed by atoms with Gasteiger partial charge in [-0.25, -0.2) is 9.97 Å². The third-order valence-electron chi connectivity index (χ3n) is 6.74. The fourth-order valence-corrected chi connectivity index (χ4v) is 6.41. The normalized spacial score (nSPS) is 18.3. The van der Waals surface area contributed by atoms with Gasteiger partial charge in [0.15, 0.2) is 0 Å². The Bertz CT molecular complexity index is 1320. The minimum atomic E-state index is -0.351. The van der Waals surface area contributed by atoms with Gasteiger partial charge < -0.3 is 19.6 Å². The van der Waals surface area contributed by atoms with Gasteiger partial charge in [0, 0.05) is 19.1 Å². The summed E-state index contributed by atoms with van der Waals surface area (Å²) in [6, 6.07) is 6.94. The first-order valence-corrected chi connectivity index (χ1v) is 13.9. The molecule has 35 heavy (non-hydrogen) atoms. The van der Waals surface area contributed by atoms with E-state index in [0.717, 1.165) is 39.4 Å². The van der Waals surface area contributed by atoms with E-state index in [2.05, 4.69) is 37.6 Å². The first-order chi connectivity index (χ1) is 17.2. The monoisotopic (exact) mass is 495 g/mol. The number of hydrogen-bond acceptors (Lipinski definition) is 6. The van der Waals surface area contributed by atoms with Gasteiger partial charge in [0.25, 0.3) is 5.56 Å². The molecule has 1 unspecified atom stereocenters. The molecule has 0 bridgehead atoms. The number of benzene rings is 1. The SMILES string of the molecule is CC.CC.O=c1[nH]cnc2c(-c3ccc4c(c3)ncn4C3CCCCC3)sc(N3CCC(O)C3)c12. The summed E-state index contributed by atoms with van der Waals surface area (Å²) in [4.78, 5) is 27.7. The van der Waals surface area contributed by atoms with Crippen LogP contribution in [0.1, 0.15) is 72.3 Å².